The highest BCUT2D eigenvalue weighted by atomic mass is 35.5. The van der Waals surface area contributed by atoms with Crippen molar-refractivity contribution in [2.45, 2.75) is 0 Å². The molecule has 0 aliphatic heterocycles. The number of halogens is 1. The van der Waals surface area contributed by atoms with E-state index in [1.165, 1.54) is 6.21 Å². The maximum absolute atomic E-state index is 9.77. The maximum Gasteiger partial charge on any atom is 0.211 e. The minimum absolute atomic E-state index is 0. The molecule has 0 aromatic heterocycles. The Hall–Kier alpha value is -2.27. The summed E-state index contributed by atoms with van der Waals surface area (Å²) in [5.74, 6) is 0.0132. The van der Waals surface area contributed by atoms with Crippen LogP contribution >= 0.6 is 12.4 Å². The number of guanidine groups is 1. The van der Waals surface area contributed by atoms with Crippen molar-refractivity contribution in [3.8, 4) is 5.75 Å². The summed E-state index contributed by atoms with van der Waals surface area (Å²) < 4.78 is 0. The first-order valence-electron chi connectivity index (χ1n) is 5.01. The molecule has 94 valence electrons. The van der Waals surface area contributed by atoms with Crippen LogP contribution in [0.5, 0.6) is 5.75 Å². The number of nitrogens with zero attached hydrogens (tertiary/aromatic N) is 2. The van der Waals surface area contributed by atoms with Crippen LogP contribution in [0.25, 0.3) is 10.8 Å². The van der Waals surface area contributed by atoms with E-state index in [4.69, 9.17) is 11.5 Å². The lowest BCUT2D eigenvalue weighted by molar-refractivity contribution is 0.475. The van der Waals surface area contributed by atoms with Gasteiger partial charge >= 0.3 is 0 Å². The van der Waals surface area contributed by atoms with Crippen LogP contribution in [-0.4, -0.2) is 17.3 Å². The molecule has 0 fully saturated rings. The standard InChI is InChI=1S/C12H12N4O.ClH/c13-12(14)16-15-7-10-9-4-2-1-3-8(9)5-6-11(10)17;/h1-7,17H,(H4,13,14,16);1H. The second-order valence-corrected chi connectivity index (χ2v) is 3.49. The van der Waals surface area contributed by atoms with Gasteiger partial charge in [0.1, 0.15) is 5.75 Å². The smallest absolute Gasteiger partial charge is 0.211 e. The van der Waals surface area contributed by atoms with E-state index in [1.54, 1.807) is 6.07 Å². The van der Waals surface area contributed by atoms with Crippen LogP contribution < -0.4 is 11.5 Å². The van der Waals surface area contributed by atoms with Gasteiger partial charge < -0.3 is 16.6 Å². The average molecular weight is 265 g/mol. The molecular formula is C12H13ClN4O. The van der Waals surface area contributed by atoms with Crippen LogP contribution in [0.2, 0.25) is 0 Å². The first-order chi connectivity index (χ1) is 8.18. The molecule has 6 heteroatoms. The molecule has 2 aromatic carbocycles. The van der Waals surface area contributed by atoms with E-state index in [0.29, 0.717) is 5.56 Å². The Morgan fingerprint density at radius 1 is 1.11 bits per heavy atom. The molecule has 0 amide bonds. The SMILES string of the molecule is Cl.NC(N)=NN=Cc1c(O)ccc2ccccc12. The molecular weight excluding hydrogens is 252 g/mol. The van der Waals surface area contributed by atoms with E-state index in [0.717, 1.165) is 10.8 Å². The second-order valence-electron chi connectivity index (χ2n) is 3.49. The van der Waals surface area contributed by atoms with E-state index in [-0.39, 0.29) is 24.1 Å². The zero-order chi connectivity index (χ0) is 12.3. The molecule has 0 bridgehead atoms. The normalized spacial score (nSPS) is 10.2. The first-order valence-corrected chi connectivity index (χ1v) is 5.01. The van der Waals surface area contributed by atoms with E-state index < -0.39 is 0 Å². The summed E-state index contributed by atoms with van der Waals surface area (Å²) in [5.41, 5.74) is 10.9. The molecule has 2 aromatic rings. The monoisotopic (exact) mass is 264 g/mol. The highest BCUT2D eigenvalue weighted by Crippen LogP contribution is 2.25. The predicted molar refractivity (Wildman–Crippen MR) is 76.3 cm³/mol. The van der Waals surface area contributed by atoms with Gasteiger partial charge in [-0.05, 0) is 16.8 Å². The average Bonchev–Trinajstić information content (AvgIpc) is 2.32. The number of aromatic hydroxyl groups is 1. The maximum atomic E-state index is 9.77. The van der Waals surface area contributed by atoms with Crippen molar-refractivity contribution in [2.24, 2.45) is 21.7 Å². The van der Waals surface area contributed by atoms with Crippen molar-refractivity contribution in [1.29, 1.82) is 0 Å². The topological polar surface area (TPSA) is 97.0 Å². The minimum atomic E-state index is -0.124. The fraction of sp³-hybridized carbons (Fsp3) is 0. The van der Waals surface area contributed by atoms with Crippen LogP contribution in [0, 0.1) is 0 Å². The molecule has 0 radical (unpaired) electrons. The quantitative estimate of drug-likeness (QED) is 0.436. The highest BCUT2D eigenvalue weighted by Gasteiger charge is 2.03. The Kier molecular flexibility index (Phi) is 4.51. The van der Waals surface area contributed by atoms with Gasteiger partial charge in [0.15, 0.2) is 0 Å². The van der Waals surface area contributed by atoms with Gasteiger partial charge in [-0.25, -0.2) is 0 Å². The van der Waals surface area contributed by atoms with Crippen LogP contribution in [0.15, 0.2) is 46.6 Å². The van der Waals surface area contributed by atoms with Crippen LogP contribution in [0.3, 0.4) is 0 Å². The Labute approximate surface area is 110 Å². The number of phenols is 1. The Morgan fingerprint density at radius 3 is 2.56 bits per heavy atom. The number of phenolic OH excluding ortho intramolecular Hbond substituents is 1. The van der Waals surface area contributed by atoms with E-state index >= 15 is 0 Å². The fourth-order valence-electron chi connectivity index (χ4n) is 1.57. The highest BCUT2D eigenvalue weighted by molar-refractivity contribution is 6.02. The molecule has 0 atom stereocenters. The summed E-state index contributed by atoms with van der Waals surface area (Å²) in [6.07, 6.45) is 1.43. The molecule has 0 spiro atoms. The van der Waals surface area contributed by atoms with E-state index in [2.05, 4.69) is 10.2 Å². The van der Waals surface area contributed by atoms with Gasteiger partial charge in [-0.2, -0.15) is 5.10 Å². The van der Waals surface area contributed by atoms with Crippen molar-refractivity contribution in [3.63, 3.8) is 0 Å². The summed E-state index contributed by atoms with van der Waals surface area (Å²) in [7, 11) is 0. The van der Waals surface area contributed by atoms with Crippen molar-refractivity contribution >= 4 is 35.4 Å². The molecule has 0 aliphatic carbocycles. The van der Waals surface area contributed by atoms with Gasteiger partial charge in [0.25, 0.3) is 0 Å². The van der Waals surface area contributed by atoms with Crippen LogP contribution in [0.1, 0.15) is 5.56 Å². The Bertz CT molecular complexity index is 606. The van der Waals surface area contributed by atoms with Crippen molar-refractivity contribution < 1.29 is 5.11 Å². The molecule has 0 unspecified atom stereocenters. The van der Waals surface area contributed by atoms with Gasteiger partial charge in [0.2, 0.25) is 5.96 Å². The van der Waals surface area contributed by atoms with E-state index in [1.807, 2.05) is 30.3 Å². The van der Waals surface area contributed by atoms with Gasteiger partial charge in [-0.3, -0.25) is 0 Å². The summed E-state index contributed by atoms with van der Waals surface area (Å²) in [6.45, 7) is 0. The zero-order valence-electron chi connectivity index (χ0n) is 9.45. The number of fused-ring (bicyclic) bond motifs is 1. The van der Waals surface area contributed by atoms with Crippen LogP contribution in [-0.2, 0) is 0 Å². The molecule has 0 aliphatic rings. The second kappa shape index (κ2) is 5.88. The van der Waals surface area contributed by atoms with E-state index in [9.17, 15) is 5.11 Å². The largest absolute Gasteiger partial charge is 0.507 e. The molecule has 5 N–H and O–H groups in total. The van der Waals surface area contributed by atoms with Crippen molar-refractivity contribution in [2.75, 3.05) is 0 Å². The molecule has 0 saturated carbocycles. The van der Waals surface area contributed by atoms with Crippen molar-refractivity contribution in [1.82, 2.24) is 0 Å². The van der Waals surface area contributed by atoms with Crippen molar-refractivity contribution in [3.05, 3.63) is 42.0 Å². The number of rotatable bonds is 2. The predicted octanol–water partition coefficient (Wildman–Crippen LogP) is 1.57. The summed E-state index contributed by atoms with van der Waals surface area (Å²) in [4.78, 5) is 0. The molecule has 2 rings (SSSR count). The van der Waals surface area contributed by atoms with Gasteiger partial charge in [0.05, 0.1) is 6.21 Å². The minimum Gasteiger partial charge on any atom is -0.507 e. The lowest BCUT2D eigenvalue weighted by atomic mass is 10.0. The number of nitrogens with two attached hydrogens (primary N) is 2. The summed E-state index contributed by atoms with van der Waals surface area (Å²) in [6, 6.07) is 11.1. The summed E-state index contributed by atoms with van der Waals surface area (Å²) >= 11 is 0. The Morgan fingerprint density at radius 2 is 1.83 bits per heavy atom. The number of benzene rings is 2. The van der Waals surface area contributed by atoms with Crippen LogP contribution in [0.4, 0.5) is 0 Å². The third-order valence-electron chi connectivity index (χ3n) is 2.31. The fourth-order valence-corrected chi connectivity index (χ4v) is 1.57. The van der Waals surface area contributed by atoms with Gasteiger partial charge in [-0.15, -0.1) is 17.5 Å². The molecule has 0 heterocycles. The molecule has 0 saturated heterocycles. The lowest BCUT2D eigenvalue weighted by Crippen LogP contribution is -2.21. The molecule has 5 nitrogen and oxygen atoms in total. The molecule has 18 heavy (non-hydrogen) atoms. The van der Waals surface area contributed by atoms with Gasteiger partial charge in [0, 0.05) is 5.56 Å². The third kappa shape index (κ3) is 2.89. The third-order valence-corrected chi connectivity index (χ3v) is 2.31. The Balaban J connectivity index is 0.00000162. The first kappa shape index (κ1) is 13.8. The number of hydrogen-bond donors (Lipinski definition) is 3. The number of hydrogen-bond acceptors (Lipinski definition) is 3. The van der Waals surface area contributed by atoms with Gasteiger partial charge in [-0.1, -0.05) is 30.3 Å². The summed E-state index contributed by atoms with van der Waals surface area (Å²) in [5, 5.41) is 18.9. The lowest BCUT2D eigenvalue weighted by Gasteiger charge is -2.03. The zero-order valence-corrected chi connectivity index (χ0v) is 10.3.